The Morgan fingerprint density at radius 2 is 1.65 bits per heavy atom. The Morgan fingerprint density at radius 3 is 2.35 bits per heavy atom. The molecule has 0 atom stereocenters. The molecule has 1 aliphatic rings. The molecule has 1 rings (SSSR count). The van der Waals surface area contributed by atoms with Crippen LogP contribution in [0.1, 0.15) is 64.7 Å². The minimum atomic E-state index is 0. The summed E-state index contributed by atoms with van der Waals surface area (Å²) in [4.78, 5) is 0. The van der Waals surface area contributed by atoms with Crippen molar-refractivity contribution in [3.63, 3.8) is 0 Å². The Balaban J connectivity index is -0.000000653. The zero-order valence-electron chi connectivity index (χ0n) is 11.9. The van der Waals surface area contributed by atoms with Crippen molar-refractivity contribution in [3.05, 3.63) is 38.7 Å². The first-order chi connectivity index (χ1) is 6.93. The molecule has 0 aliphatic heterocycles. The first kappa shape index (κ1) is 22.4. The van der Waals surface area contributed by atoms with Gasteiger partial charge in [-0.05, 0) is 38.5 Å². The molecule has 0 heterocycles. The Bertz CT molecular complexity index is 192. The third-order valence-corrected chi connectivity index (χ3v) is 2.92. The van der Waals surface area contributed by atoms with Crippen LogP contribution in [0.5, 0.6) is 0 Å². The molecule has 17 heavy (non-hydrogen) atoms. The van der Waals surface area contributed by atoms with Crippen molar-refractivity contribution in [2.24, 2.45) is 0 Å². The van der Waals surface area contributed by atoms with Gasteiger partial charge in [0.2, 0.25) is 0 Å². The van der Waals surface area contributed by atoms with Crippen molar-refractivity contribution in [3.8, 4) is 0 Å². The molecule has 1 aliphatic carbocycles. The number of hydrogen-bond acceptors (Lipinski definition) is 0. The molecular weight excluding hydrogens is 387 g/mol. The van der Waals surface area contributed by atoms with Crippen LogP contribution in [-0.4, -0.2) is 0 Å². The summed E-state index contributed by atoms with van der Waals surface area (Å²) in [5.41, 5.74) is 1.71. The van der Waals surface area contributed by atoms with E-state index in [1.165, 1.54) is 57.8 Å². The van der Waals surface area contributed by atoms with Crippen LogP contribution < -0.4 is 0 Å². The monoisotopic (exact) mass is 417 g/mol. The number of allylic oxidation sites excluding steroid dienone is 4. The van der Waals surface area contributed by atoms with Crippen LogP contribution >= 0.6 is 0 Å². The average Bonchev–Trinajstić information content (AvgIpc) is 2.15. The van der Waals surface area contributed by atoms with Crippen LogP contribution in [0.4, 0.5) is 0 Å². The fourth-order valence-corrected chi connectivity index (χ4v) is 2.00. The van der Waals surface area contributed by atoms with E-state index >= 15 is 0 Å². The predicted molar refractivity (Wildman–Crippen MR) is 77.3 cm³/mol. The van der Waals surface area contributed by atoms with Gasteiger partial charge in [0, 0.05) is 0 Å². The molecule has 0 bridgehead atoms. The molecule has 0 aromatic carbocycles. The van der Waals surface area contributed by atoms with Gasteiger partial charge in [-0.2, -0.15) is 0 Å². The SMILES string of the molecule is CCCCCC/C1=C/CC/C=C\CC1.[CH3-].[CH3-].[Pt+2]. The molecule has 0 nitrogen and oxygen atoms in total. The van der Waals surface area contributed by atoms with Gasteiger partial charge in [0.1, 0.15) is 0 Å². The van der Waals surface area contributed by atoms with Crippen molar-refractivity contribution < 1.29 is 21.1 Å². The van der Waals surface area contributed by atoms with Crippen LogP contribution in [-0.2, 0) is 21.1 Å². The van der Waals surface area contributed by atoms with Crippen molar-refractivity contribution in [1.29, 1.82) is 0 Å². The third-order valence-electron chi connectivity index (χ3n) is 2.92. The maximum absolute atomic E-state index is 2.48. The summed E-state index contributed by atoms with van der Waals surface area (Å²) in [5, 5.41) is 0. The van der Waals surface area contributed by atoms with Crippen molar-refractivity contribution >= 4 is 0 Å². The molecule has 0 amide bonds. The van der Waals surface area contributed by atoms with E-state index in [4.69, 9.17) is 0 Å². The quantitative estimate of drug-likeness (QED) is 0.296. The third kappa shape index (κ3) is 12.4. The summed E-state index contributed by atoms with van der Waals surface area (Å²) >= 11 is 0. The molecule has 0 unspecified atom stereocenters. The van der Waals surface area contributed by atoms with Gasteiger partial charge in [0.25, 0.3) is 0 Å². The maximum atomic E-state index is 2.48. The Morgan fingerprint density at radius 1 is 0.941 bits per heavy atom. The van der Waals surface area contributed by atoms with Crippen molar-refractivity contribution in [2.45, 2.75) is 64.7 Å². The fourth-order valence-electron chi connectivity index (χ4n) is 2.00. The molecule has 1 heteroatoms. The first-order valence-electron chi connectivity index (χ1n) is 6.26. The molecular formula is C16H30Pt. The molecule has 104 valence electrons. The zero-order chi connectivity index (χ0) is 10.1. The molecule has 0 fully saturated rings. The van der Waals surface area contributed by atoms with E-state index in [2.05, 4.69) is 25.2 Å². The van der Waals surface area contributed by atoms with Gasteiger partial charge in [-0.1, -0.05) is 50.0 Å². The first-order valence-corrected chi connectivity index (χ1v) is 6.26. The van der Waals surface area contributed by atoms with Crippen molar-refractivity contribution in [1.82, 2.24) is 0 Å². The number of hydrogen-bond donors (Lipinski definition) is 0. The van der Waals surface area contributed by atoms with Crippen LogP contribution in [0.15, 0.2) is 23.8 Å². The van der Waals surface area contributed by atoms with E-state index in [1.54, 1.807) is 5.57 Å². The van der Waals surface area contributed by atoms with E-state index < -0.39 is 0 Å². The van der Waals surface area contributed by atoms with Gasteiger partial charge >= 0.3 is 21.1 Å². The Kier molecular flexibility index (Phi) is 21.3. The molecule has 0 aromatic rings. The second-order valence-electron chi connectivity index (χ2n) is 4.26. The van der Waals surface area contributed by atoms with Crippen LogP contribution in [0.25, 0.3) is 0 Å². The summed E-state index contributed by atoms with van der Waals surface area (Å²) in [6, 6.07) is 0. The Hall–Kier alpha value is 0.168. The molecule has 0 radical (unpaired) electrons. The maximum Gasteiger partial charge on any atom is 2.00 e. The van der Waals surface area contributed by atoms with E-state index in [-0.39, 0.29) is 35.9 Å². The Labute approximate surface area is 124 Å². The van der Waals surface area contributed by atoms with E-state index in [9.17, 15) is 0 Å². The van der Waals surface area contributed by atoms with Gasteiger partial charge in [0.15, 0.2) is 0 Å². The van der Waals surface area contributed by atoms with Gasteiger partial charge in [0.05, 0.1) is 0 Å². The van der Waals surface area contributed by atoms with E-state index in [0.717, 1.165) is 0 Å². The molecule has 0 N–H and O–H groups in total. The minimum Gasteiger partial charge on any atom is -0.358 e. The second-order valence-corrected chi connectivity index (χ2v) is 4.26. The van der Waals surface area contributed by atoms with Gasteiger partial charge < -0.3 is 14.9 Å². The van der Waals surface area contributed by atoms with Crippen LogP contribution in [0.3, 0.4) is 0 Å². The smallest absolute Gasteiger partial charge is 0.358 e. The number of rotatable bonds is 5. The summed E-state index contributed by atoms with van der Waals surface area (Å²) in [5.74, 6) is 0. The van der Waals surface area contributed by atoms with Crippen LogP contribution in [0.2, 0.25) is 0 Å². The second kappa shape index (κ2) is 16.2. The summed E-state index contributed by atoms with van der Waals surface area (Å²) < 4.78 is 0. The average molecular weight is 417 g/mol. The normalized spacial score (nSPS) is 19.2. The largest absolute Gasteiger partial charge is 2.00 e. The van der Waals surface area contributed by atoms with Gasteiger partial charge in [-0.15, -0.1) is 0 Å². The predicted octanol–water partition coefficient (Wildman–Crippen LogP) is 5.91. The summed E-state index contributed by atoms with van der Waals surface area (Å²) in [7, 11) is 0. The minimum absolute atomic E-state index is 0. The molecule has 0 spiro atoms. The molecule has 0 saturated carbocycles. The van der Waals surface area contributed by atoms with E-state index in [1.807, 2.05) is 0 Å². The molecule has 0 saturated heterocycles. The van der Waals surface area contributed by atoms with Gasteiger partial charge in [-0.3, -0.25) is 0 Å². The zero-order valence-corrected chi connectivity index (χ0v) is 14.2. The van der Waals surface area contributed by atoms with E-state index in [0.29, 0.717) is 0 Å². The number of unbranched alkanes of at least 4 members (excludes halogenated alkanes) is 3. The van der Waals surface area contributed by atoms with Crippen molar-refractivity contribution in [2.75, 3.05) is 0 Å². The summed E-state index contributed by atoms with van der Waals surface area (Å²) in [6.45, 7) is 2.28. The van der Waals surface area contributed by atoms with Gasteiger partial charge in [-0.25, -0.2) is 0 Å². The topological polar surface area (TPSA) is 0 Å². The van der Waals surface area contributed by atoms with Crippen LogP contribution in [0, 0.1) is 14.9 Å². The fraction of sp³-hybridized carbons (Fsp3) is 0.625. The standard InChI is InChI=1S/C14H24.2CH3.Pt/c1-2-3-4-8-11-14-12-9-6-5-7-10-13-14;;;/h5-6,13H,2-4,7-12H2,1H3;2*1H3;/q;2*-1;+2/b6-5-,14-13-;;;. The molecule has 0 aromatic heterocycles. The summed E-state index contributed by atoms with van der Waals surface area (Å²) in [6.07, 6.45) is 19.2.